The Balaban J connectivity index is 2.39. The Labute approximate surface area is 137 Å². The van der Waals surface area contributed by atoms with Crippen LogP contribution in [0.15, 0.2) is 36.4 Å². The number of nitrogens with one attached hydrogen (secondary N) is 1. The van der Waals surface area contributed by atoms with E-state index in [9.17, 15) is 0 Å². The monoisotopic (exact) mass is 321 g/mol. The van der Waals surface area contributed by atoms with Crippen molar-refractivity contribution in [2.75, 3.05) is 6.54 Å². The highest BCUT2D eigenvalue weighted by atomic mass is 35.5. The van der Waals surface area contributed by atoms with Gasteiger partial charge in [-0.15, -0.1) is 11.3 Å². The summed E-state index contributed by atoms with van der Waals surface area (Å²) in [4.78, 5) is 1.32. The van der Waals surface area contributed by atoms with Gasteiger partial charge in [-0.05, 0) is 37.1 Å². The topological polar surface area (TPSA) is 12.0 Å². The lowest BCUT2D eigenvalue weighted by Crippen LogP contribution is -2.37. The average Bonchev–Trinajstić information content (AvgIpc) is 2.79. The van der Waals surface area contributed by atoms with Gasteiger partial charge in [0.2, 0.25) is 0 Å². The Morgan fingerprint density at radius 1 is 1.24 bits per heavy atom. The Morgan fingerprint density at radius 2 is 1.90 bits per heavy atom. The first-order valence-electron chi connectivity index (χ1n) is 7.51. The summed E-state index contributed by atoms with van der Waals surface area (Å²) in [5, 5.41) is 3.72. The van der Waals surface area contributed by atoms with Gasteiger partial charge in [0.05, 0.1) is 10.4 Å². The molecule has 2 rings (SSSR count). The van der Waals surface area contributed by atoms with Gasteiger partial charge in [-0.25, -0.2) is 0 Å². The predicted octanol–water partition coefficient (Wildman–Crippen LogP) is 5.73. The van der Waals surface area contributed by atoms with Crippen LogP contribution in [0.2, 0.25) is 4.34 Å². The van der Waals surface area contributed by atoms with Crippen LogP contribution in [-0.4, -0.2) is 6.54 Å². The van der Waals surface area contributed by atoms with Crippen LogP contribution in [-0.2, 0) is 5.41 Å². The molecule has 0 aliphatic heterocycles. The summed E-state index contributed by atoms with van der Waals surface area (Å²) in [6, 6.07) is 13.2. The molecule has 2 aromatic rings. The molecule has 3 heteroatoms. The lowest BCUT2D eigenvalue weighted by Gasteiger charge is -2.35. The second-order valence-corrected chi connectivity index (χ2v) is 7.77. The fourth-order valence-electron chi connectivity index (χ4n) is 2.66. The van der Waals surface area contributed by atoms with E-state index in [0.717, 1.165) is 17.3 Å². The molecular weight excluding hydrogens is 298 g/mol. The lowest BCUT2D eigenvalue weighted by atomic mass is 9.77. The molecule has 1 heterocycles. The summed E-state index contributed by atoms with van der Waals surface area (Å²) >= 11 is 7.99. The zero-order valence-corrected chi connectivity index (χ0v) is 14.8. The standard InChI is InChI=1S/C18H24ClNS/c1-5-11-20-16(15-12-13(2)17(19)21-15)18(3,4)14-9-7-6-8-10-14/h6-10,12,16,20H,5,11H2,1-4H3. The molecule has 0 fully saturated rings. The second kappa shape index (κ2) is 6.95. The summed E-state index contributed by atoms with van der Waals surface area (Å²) in [5.74, 6) is 0. The van der Waals surface area contributed by atoms with Crippen LogP contribution in [0.5, 0.6) is 0 Å². The molecule has 1 N–H and O–H groups in total. The van der Waals surface area contributed by atoms with Gasteiger partial charge in [-0.1, -0.05) is 62.7 Å². The van der Waals surface area contributed by atoms with Gasteiger partial charge in [-0.2, -0.15) is 0 Å². The summed E-state index contributed by atoms with van der Waals surface area (Å²) in [7, 11) is 0. The number of thiophene rings is 1. The zero-order chi connectivity index (χ0) is 15.5. The van der Waals surface area contributed by atoms with E-state index >= 15 is 0 Å². The molecular formula is C18H24ClNS. The van der Waals surface area contributed by atoms with Crippen molar-refractivity contribution in [2.24, 2.45) is 0 Å². The molecule has 1 atom stereocenters. The first kappa shape index (κ1) is 16.5. The quantitative estimate of drug-likeness (QED) is 0.716. The van der Waals surface area contributed by atoms with Crippen LogP contribution in [0, 0.1) is 6.92 Å². The third-order valence-corrected chi connectivity index (χ3v) is 5.62. The minimum atomic E-state index is 0.0110. The maximum Gasteiger partial charge on any atom is 0.0960 e. The van der Waals surface area contributed by atoms with Crippen molar-refractivity contribution >= 4 is 22.9 Å². The maximum absolute atomic E-state index is 6.29. The van der Waals surface area contributed by atoms with Crippen LogP contribution in [0.1, 0.15) is 49.2 Å². The molecule has 0 aliphatic carbocycles. The molecule has 21 heavy (non-hydrogen) atoms. The Hall–Kier alpha value is -0.830. The van der Waals surface area contributed by atoms with E-state index in [0.29, 0.717) is 0 Å². The summed E-state index contributed by atoms with van der Waals surface area (Å²) < 4.78 is 0.900. The van der Waals surface area contributed by atoms with E-state index < -0.39 is 0 Å². The summed E-state index contributed by atoms with van der Waals surface area (Å²) in [6.45, 7) is 9.90. The molecule has 1 nitrogen and oxygen atoms in total. The van der Waals surface area contributed by atoms with E-state index in [2.05, 4.69) is 69.4 Å². The number of benzene rings is 1. The van der Waals surface area contributed by atoms with Gasteiger partial charge in [-0.3, -0.25) is 0 Å². The lowest BCUT2D eigenvalue weighted by molar-refractivity contribution is 0.353. The van der Waals surface area contributed by atoms with Crippen molar-refractivity contribution in [3.05, 3.63) is 56.7 Å². The maximum atomic E-state index is 6.29. The van der Waals surface area contributed by atoms with Crippen LogP contribution in [0.25, 0.3) is 0 Å². The van der Waals surface area contributed by atoms with Crippen LogP contribution in [0.4, 0.5) is 0 Å². The molecule has 1 aromatic carbocycles. The van der Waals surface area contributed by atoms with Crippen molar-refractivity contribution in [1.82, 2.24) is 5.32 Å². The smallest absolute Gasteiger partial charge is 0.0960 e. The normalized spacial score (nSPS) is 13.4. The van der Waals surface area contributed by atoms with E-state index in [1.54, 1.807) is 11.3 Å². The number of hydrogen-bond donors (Lipinski definition) is 1. The molecule has 0 saturated heterocycles. The molecule has 0 saturated carbocycles. The fraction of sp³-hybridized carbons (Fsp3) is 0.444. The molecule has 0 spiro atoms. The molecule has 1 unspecified atom stereocenters. The van der Waals surface area contributed by atoms with E-state index in [-0.39, 0.29) is 11.5 Å². The van der Waals surface area contributed by atoms with Crippen molar-refractivity contribution < 1.29 is 0 Å². The molecule has 1 aromatic heterocycles. The van der Waals surface area contributed by atoms with Gasteiger partial charge < -0.3 is 5.32 Å². The summed E-state index contributed by atoms with van der Waals surface area (Å²) in [5.41, 5.74) is 2.53. The average molecular weight is 322 g/mol. The number of aryl methyl sites for hydroxylation is 1. The van der Waals surface area contributed by atoms with Crippen molar-refractivity contribution in [1.29, 1.82) is 0 Å². The van der Waals surface area contributed by atoms with Crippen molar-refractivity contribution in [3.8, 4) is 0 Å². The largest absolute Gasteiger partial charge is 0.309 e. The Bertz CT molecular complexity index is 555. The molecule has 0 aliphatic rings. The third kappa shape index (κ3) is 3.68. The Kier molecular flexibility index (Phi) is 5.48. The first-order chi connectivity index (χ1) is 9.96. The number of halogens is 1. The highest BCUT2D eigenvalue weighted by Crippen LogP contribution is 2.41. The van der Waals surface area contributed by atoms with Crippen LogP contribution >= 0.6 is 22.9 Å². The predicted molar refractivity (Wildman–Crippen MR) is 94.6 cm³/mol. The van der Waals surface area contributed by atoms with E-state index in [1.807, 2.05) is 0 Å². The number of rotatable bonds is 6. The van der Waals surface area contributed by atoms with Gasteiger partial charge in [0.25, 0.3) is 0 Å². The van der Waals surface area contributed by atoms with Gasteiger partial charge in [0.1, 0.15) is 0 Å². The van der Waals surface area contributed by atoms with Crippen LogP contribution in [0.3, 0.4) is 0 Å². The van der Waals surface area contributed by atoms with Gasteiger partial charge >= 0.3 is 0 Å². The molecule has 114 valence electrons. The third-order valence-electron chi connectivity index (χ3n) is 4.00. The van der Waals surface area contributed by atoms with Gasteiger partial charge in [0.15, 0.2) is 0 Å². The van der Waals surface area contributed by atoms with E-state index in [1.165, 1.54) is 16.0 Å². The zero-order valence-electron chi connectivity index (χ0n) is 13.2. The molecule has 0 bridgehead atoms. The van der Waals surface area contributed by atoms with Crippen LogP contribution < -0.4 is 5.32 Å². The molecule has 0 amide bonds. The highest BCUT2D eigenvalue weighted by molar-refractivity contribution is 7.16. The number of hydrogen-bond acceptors (Lipinski definition) is 2. The SMILES string of the molecule is CCCNC(c1cc(C)c(Cl)s1)C(C)(C)c1ccccc1. The minimum Gasteiger partial charge on any atom is -0.309 e. The minimum absolute atomic E-state index is 0.0110. The summed E-state index contributed by atoms with van der Waals surface area (Å²) in [6.07, 6.45) is 1.12. The van der Waals surface area contributed by atoms with Crippen molar-refractivity contribution in [2.45, 2.75) is 45.6 Å². The second-order valence-electron chi connectivity index (χ2n) is 6.08. The highest BCUT2D eigenvalue weighted by Gasteiger charge is 2.33. The van der Waals surface area contributed by atoms with Gasteiger partial charge in [0, 0.05) is 10.3 Å². The van der Waals surface area contributed by atoms with E-state index in [4.69, 9.17) is 11.6 Å². The van der Waals surface area contributed by atoms with Crippen molar-refractivity contribution in [3.63, 3.8) is 0 Å². The first-order valence-corrected chi connectivity index (χ1v) is 8.71. The fourth-order valence-corrected chi connectivity index (χ4v) is 4.14. The molecule has 0 radical (unpaired) electrons. The Morgan fingerprint density at radius 3 is 2.43 bits per heavy atom.